The normalized spacial score (nSPS) is 10.9. The summed E-state index contributed by atoms with van der Waals surface area (Å²) in [5, 5.41) is 25.5. The number of hydrogen-bond donors (Lipinski definition) is 1. The van der Waals surface area contributed by atoms with Crippen LogP contribution in [0.3, 0.4) is 0 Å². The van der Waals surface area contributed by atoms with Crippen molar-refractivity contribution in [3.63, 3.8) is 0 Å². The van der Waals surface area contributed by atoms with Gasteiger partial charge in [0.1, 0.15) is 28.2 Å². The summed E-state index contributed by atoms with van der Waals surface area (Å²) in [7, 11) is 3.08. The van der Waals surface area contributed by atoms with E-state index >= 15 is 0 Å². The average molecular weight is 426 g/mol. The van der Waals surface area contributed by atoms with E-state index in [1.165, 1.54) is 30.7 Å². The lowest BCUT2D eigenvalue weighted by Crippen LogP contribution is -1.98. The third kappa shape index (κ3) is 4.37. The van der Waals surface area contributed by atoms with Crippen LogP contribution in [0.2, 0.25) is 0 Å². The van der Waals surface area contributed by atoms with Crippen LogP contribution in [0, 0.1) is 27.3 Å². The van der Waals surface area contributed by atoms with Crippen LogP contribution in [0.4, 0.5) is 15.8 Å². The minimum atomic E-state index is -0.726. The molecule has 0 aliphatic heterocycles. The lowest BCUT2D eigenvalue weighted by atomic mass is 10.1. The second kappa shape index (κ2) is 9.02. The highest BCUT2D eigenvalue weighted by molar-refractivity contribution is 7.11. The first-order valence-corrected chi connectivity index (χ1v) is 9.33. The van der Waals surface area contributed by atoms with Crippen LogP contribution in [0.15, 0.2) is 48.0 Å². The predicted molar refractivity (Wildman–Crippen MR) is 111 cm³/mol. The fraction of sp³-hybridized carbons (Fsp3) is 0.100. The Labute approximate surface area is 175 Å². The average Bonchev–Trinajstić information content (AvgIpc) is 3.24. The van der Waals surface area contributed by atoms with E-state index in [1.54, 1.807) is 24.6 Å². The highest BCUT2D eigenvalue weighted by Gasteiger charge is 2.15. The van der Waals surface area contributed by atoms with Crippen LogP contribution in [-0.2, 0) is 0 Å². The molecule has 1 heterocycles. The molecule has 10 heteroatoms. The smallest absolute Gasteiger partial charge is 0.295 e. The van der Waals surface area contributed by atoms with Gasteiger partial charge in [-0.25, -0.2) is 9.37 Å². The summed E-state index contributed by atoms with van der Waals surface area (Å²) in [5.41, 5.74) is 1.20. The third-order valence-corrected chi connectivity index (χ3v) is 4.94. The number of benzene rings is 2. The van der Waals surface area contributed by atoms with Gasteiger partial charge in [0.15, 0.2) is 11.5 Å². The molecule has 8 nitrogen and oxygen atoms in total. The minimum absolute atomic E-state index is 0.0609. The van der Waals surface area contributed by atoms with Gasteiger partial charge in [0, 0.05) is 17.1 Å². The first-order valence-electron chi connectivity index (χ1n) is 8.46. The second-order valence-corrected chi connectivity index (χ2v) is 6.70. The van der Waals surface area contributed by atoms with E-state index in [-0.39, 0.29) is 11.3 Å². The Morgan fingerprint density at radius 3 is 2.70 bits per heavy atom. The number of nitro benzene ring substituents is 1. The van der Waals surface area contributed by atoms with Gasteiger partial charge in [0.25, 0.3) is 5.69 Å². The van der Waals surface area contributed by atoms with Crippen molar-refractivity contribution < 1.29 is 18.8 Å². The van der Waals surface area contributed by atoms with Crippen LogP contribution >= 0.6 is 11.3 Å². The monoisotopic (exact) mass is 426 g/mol. The summed E-state index contributed by atoms with van der Waals surface area (Å²) >= 11 is 1.24. The van der Waals surface area contributed by atoms with Gasteiger partial charge < -0.3 is 14.8 Å². The number of nitriles is 1. The van der Waals surface area contributed by atoms with E-state index in [0.717, 1.165) is 17.7 Å². The molecule has 0 aliphatic carbocycles. The Morgan fingerprint density at radius 1 is 1.27 bits per heavy atom. The van der Waals surface area contributed by atoms with Gasteiger partial charge in [0.2, 0.25) is 0 Å². The summed E-state index contributed by atoms with van der Waals surface area (Å²) in [6.07, 6.45) is 1.30. The van der Waals surface area contributed by atoms with E-state index in [0.29, 0.717) is 22.2 Å². The molecule has 0 atom stereocenters. The molecule has 0 unspecified atom stereocenters. The zero-order valence-corrected chi connectivity index (χ0v) is 16.7. The van der Waals surface area contributed by atoms with Gasteiger partial charge in [0.05, 0.1) is 30.9 Å². The number of nitro groups is 1. The maximum Gasteiger partial charge on any atom is 0.295 e. The molecule has 0 saturated carbocycles. The number of hydrogen-bond acceptors (Lipinski definition) is 8. The number of nitrogens with zero attached hydrogens (tertiary/aromatic N) is 3. The Balaban J connectivity index is 1.89. The zero-order chi connectivity index (χ0) is 21.7. The van der Waals surface area contributed by atoms with Crippen molar-refractivity contribution >= 4 is 28.3 Å². The molecule has 0 amide bonds. The number of anilines is 1. The first kappa shape index (κ1) is 20.8. The Bertz CT molecular complexity index is 1170. The number of rotatable bonds is 7. The third-order valence-electron chi connectivity index (χ3n) is 4.06. The summed E-state index contributed by atoms with van der Waals surface area (Å²) in [6.45, 7) is 0. The Hall–Kier alpha value is -3.97. The summed E-state index contributed by atoms with van der Waals surface area (Å²) < 4.78 is 23.8. The second-order valence-electron chi connectivity index (χ2n) is 5.84. The van der Waals surface area contributed by atoms with Gasteiger partial charge >= 0.3 is 0 Å². The highest BCUT2D eigenvalue weighted by Crippen LogP contribution is 2.34. The lowest BCUT2D eigenvalue weighted by Gasteiger charge is -2.08. The number of ether oxygens (including phenoxy) is 2. The quantitative estimate of drug-likeness (QED) is 0.327. The van der Waals surface area contributed by atoms with Crippen molar-refractivity contribution in [2.45, 2.75) is 0 Å². The Kier molecular flexibility index (Phi) is 6.24. The largest absolute Gasteiger partial charge is 0.493 e. The van der Waals surface area contributed by atoms with Crippen molar-refractivity contribution in [2.24, 2.45) is 0 Å². The molecular formula is C20H15FN4O4S. The molecule has 2 aromatic carbocycles. The van der Waals surface area contributed by atoms with Crippen molar-refractivity contribution in [1.29, 1.82) is 5.26 Å². The topological polar surface area (TPSA) is 110 Å². The van der Waals surface area contributed by atoms with E-state index in [4.69, 9.17) is 9.47 Å². The van der Waals surface area contributed by atoms with Gasteiger partial charge in [-0.2, -0.15) is 5.26 Å². The maximum absolute atomic E-state index is 13.3. The summed E-state index contributed by atoms with van der Waals surface area (Å²) in [4.78, 5) is 14.9. The zero-order valence-electron chi connectivity index (χ0n) is 15.9. The van der Waals surface area contributed by atoms with Crippen LogP contribution in [-0.4, -0.2) is 24.1 Å². The van der Waals surface area contributed by atoms with Gasteiger partial charge in [-0.3, -0.25) is 10.1 Å². The predicted octanol–water partition coefficient (Wildman–Crippen LogP) is 4.85. The number of aromatic nitrogens is 1. The molecular weight excluding hydrogens is 411 g/mol. The van der Waals surface area contributed by atoms with Crippen LogP contribution < -0.4 is 14.8 Å². The molecule has 0 saturated heterocycles. The molecule has 30 heavy (non-hydrogen) atoms. The number of thiazole rings is 1. The van der Waals surface area contributed by atoms with Crippen molar-refractivity contribution in [1.82, 2.24) is 4.98 Å². The SMILES string of the molecule is COc1ccc(-c2csc(C(C#N)=CNc3ccc(F)cc3[N+](=O)[O-])n2)cc1OC. The molecule has 0 aliphatic rings. The molecule has 3 aromatic rings. The number of nitrogens with one attached hydrogen (secondary N) is 1. The number of halogens is 1. The molecule has 1 aromatic heterocycles. The number of methoxy groups -OCH3 is 2. The fourth-order valence-corrected chi connectivity index (χ4v) is 3.39. The Morgan fingerprint density at radius 2 is 2.03 bits per heavy atom. The van der Waals surface area contributed by atoms with Crippen molar-refractivity contribution in [2.75, 3.05) is 19.5 Å². The summed E-state index contributed by atoms with van der Waals surface area (Å²) in [5.74, 6) is 0.404. The molecule has 0 radical (unpaired) electrons. The van der Waals surface area contributed by atoms with Crippen LogP contribution in [0.5, 0.6) is 11.5 Å². The first-order chi connectivity index (χ1) is 14.5. The number of allylic oxidation sites excluding steroid dienone is 1. The highest BCUT2D eigenvalue weighted by atomic mass is 32.1. The lowest BCUT2D eigenvalue weighted by molar-refractivity contribution is -0.384. The van der Waals surface area contributed by atoms with E-state index in [1.807, 2.05) is 12.1 Å². The molecule has 0 spiro atoms. The standard InChI is InChI=1S/C20H15FN4O4S/c1-28-18-6-3-12(7-19(18)29-2)16-11-30-20(24-16)13(9-22)10-23-15-5-4-14(21)8-17(15)25(26)27/h3-8,10-11,23H,1-2H3. The minimum Gasteiger partial charge on any atom is -0.493 e. The molecule has 152 valence electrons. The fourth-order valence-electron chi connectivity index (χ4n) is 2.60. The van der Waals surface area contributed by atoms with Crippen molar-refractivity contribution in [3.05, 3.63) is 68.9 Å². The summed E-state index contributed by atoms with van der Waals surface area (Å²) in [6, 6.07) is 10.5. The van der Waals surface area contributed by atoms with Crippen LogP contribution in [0.25, 0.3) is 16.8 Å². The maximum atomic E-state index is 13.3. The van der Waals surface area contributed by atoms with Crippen LogP contribution in [0.1, 0.15) is 5.01 Å². The van der Waals surface area contributed by atoms with E-state index in [2.05, 4.69) is 10.3 Å². The molecule has 1 N–H and O–H groups in total. The molecule has 0 bridgehead atoms. The van der Waals surface area contributed by atoms with Crippen molar-refractivity contribution in [3.8, 4) is 28.8 Å². The van der Waals surface area contributed by atoms with Gasteiger partial charge in [-0.1, -0.05) is 0 Å². The van der Waals surface area contributed by atoms with Gasteiger partial charge in [-0.05, 0) is 30.3 Å². The molecule has 3 rings (SSSR count). The van der Waals surface area contributed by atoms with Gasteiger partial charge in [-0.15, -0.1) is 11.3 Å². The van der Waals surface area contributed by atoms with E-state index in [9.17, 15) is 19.8 Å². The molecule has 0 fully saturated rings. The van der Waals surface area contributed by atoms with E-state index < -0.39 is 16.4 Å².